The lowest BCUT2D eigenvalue weighted by molar-refractivity contribution is -0.123. The van der Waals surface area contributed by atoms with Crippen molar-refractivity contribution in [3.8, 4) is 0 Å². The van der Waals surface area contributed by atoms with Gasteiger partial charge in [-0.1, -0.05) is 37.6 Å². The van der Waals surface area contributed by atoms with Gasteiger partial charge in [-0.05, 0) is 37.0 Å². The predicted molar refractivity (Wildman–Crippen MR) is 75.4 cm³/mol. The van der Waals surface area contributed by atoms with Crippen molar-refractivity contribution in [1.82, 2.24) is 5.32 Å². The lowest BCUT2D eigenvalue weighted by Crippen LogP contribution is -2.42. The number of amides is 1. The summed E-state index contributed by atoms with van der Waals surface area (Å²) >= 11 is 5.82. The maximum absolute atomic E-state index is 11.9. The van der Waals surface area contributed by atoms with Crippen LogP contribution in [0.15, 0.2) is 24.3 Å². The van der Waals surface area contributed by atoms with Gasteiger partial charge in [-0.15, -0.1) is 0 Å². The Balaban J connectivity index is 2.56. The fourth-order valence-electron chi connectivity index (χ4n) is 1.77. The number of nitrogens with two attached hydrogens (primary N) is 1. The van der Waals surface area contributed by atoms with Crippen LogP contribution in [0.25, 0.3) is 0 Å². The molecule has 0 saturated carbocycles. The molecule has 1 rings (SSSR count). The Kier molecular flexibility index (Phi) is 5.63. The Morgan fingerprint density at radius 1 is 1.28 bits per heavy atom. The molecule has 1 aromatic carbocycles. The molecule has 0 spiro atoms. The maximum atomic E-state index is 11.9. The maximum Gasteiger partial charge on any atom is 0.237 e. The van der Waals surface area contributed by atoms with Gasteiger partial charge in [0, 0.05) is 5.02 Å². The van der Waals surface area contributed by atoms with Gasteiger partial charge in [0.05, 0.1) is 12.1 Å². The summed E-state index contributed by atoms with van der Waals surface area (Å²) in [5, 5.41) is 3.60. The van der Waals surface area contributed by atoms with E-state index in [2.05, 4.69) is 19.2 Å². The Morgan fingerprint density at radius 2 is 1.83 bits per heavy atom. The average Bonchev–Trinajstić information content (AvgIpc) is 2.28. The normalized spacial score (nSPS) is 14.3. The van der Waals surface area contributed by atoms with Gasteiger partial charge in [0.25, 0.3) is 0 Å². The number of nitrogens with one attached hydrogen (secondary N) is 1. The molecule has 1 aromatic rings. The summed E-state index contributed by atoms with van der Waals surface area (Å²) in [5.74, 6) is 0.308. The number of benzene rings is 1. The van der Waals surface area contributed by atoms with E-state index < -0.39 is 6.04 Å². The Labute approximate surface area is 114 Å². The molecule has 3 nitrogen and oxygen atoms in total. The molecule has 0 aliphatic rings. The van der Waals surface area contributed by atoms with Crippen molar-refractivity contribution in [1.29, 1.82) is 0 Å². The van der Waals surface area contributed by atoms with Gasteiger partial charge in [-0.25, -0.2) is 0 Å². The standard InChI is InChI=1S/C14H21ClN2O/c1-9(2)8-13(16)14(18)17-10(3)11-4-6-12(15)7-5-11/h4-7,9-10,13H,8,16H2,1-3H3,(H,17,18)/t10?,13-/m0/s1. The number of hydrogen-bond acceptors (Lipinski definition) is 2. The molecular weight excluding hydrogens is 248 g/mol. The molecule has 0 aromatic heterocycles. The van der Waals surface area contributed by atoms with Crippen molar-refractivity contribution in [3.05, 3.63) is 34.9 Å². The van der Waals surface area contributed by atoms with E-state index in [4.69, 9.17) is 17.3 Å². The van der Waals surface area contributed by atoms with E-state index in [1.54, 1.807) is 0 Å². The minimum Gasteiger partial charge on any atom is -0.348 e. The van der Waals surface area contributed by atoms with Gasteiger partial charge in [-0.2, -0.15) is 0 Å². The Hall–Kier alpha value is -1.06. The molecular formula is C14H21ClN2O. The van der Waals surface area contributed by atoms with Gasteiger partial charge < -0.3 is 11.1 Å². The van der Waals surface area contributed by atoms with Crippen LogP contribution in [0.5, 0.6) is 0 Å². The van der Waals surface area contributed by atoms with E-state index in [0.717, 1.165) is 5.56 Å². The van der Waals surface area contributed by atoms with Crippen molar-refractivity contribution in [2.45, 2.75) is 39.3 Å². The topological polar surface area (TPSA) is 55.1 Å². The second-order valence-corrected chi connectivity index (χ2v) is 5.45. The third-order valence-electron chi connectivity index (χ3n) is 2.79. The molecule has 4 heteroatoms. The molecule has 2 atom stereocenters. The van der Waals surface area contributed by atoms with Crippen LogP contribution in [-0.4, -0.2) is 11.9 Å². The number of hydrogen-bond donors (Lipinski definition) is 2. The summed E-state index contributed by atoms with van der Waals surface area (Å²) in [4.78, 5) is 11.9. The zero-order valence-corrected chi connectivity index (χ0v) is 11.9. The molecule has 0 radical (unpaired) electrons. The van der Waals surface area contributed by atoms with E-state index in [1.165, 1.54) is 0 Å². The van der Waals surface area contributed by atoms with Crippen molar-refractivity contribution >= 4 is 17.5 Å². The SMILES string of the molecule is CC(C)C[C@H](N)C(=O)NC(C)c1ccc(Cl)cc1. The van der Waals surface area contributed by atoms with Gasteiger partial charge in [0.1, 0.15) is 0 Å². The molecule has 1 unspecified atom stereocenters. The summed E-state index contributed by atoms with van der Waals surface area (Å²) in [5.41, 5.74) is 6.85. The number of rotatable bonds is 5. The van der Waals surface area contributed by atoms with Crippen LogP contribution in [0.4, 0.5) is 0 Å². The van der Waals surface area contributed by atoms with Gasteiger partial charge in [0.2, 0.25) is 5.91 Å². The quantitative estimate of drug-likeness (QED) is 0.863. The third kappa shape index (κ3) is 4.67. The second-order valence-electron chi connectivity index (χ2n) is 5.02. The summed E-state index contributed by atoms with van der Waals surface area (Å²) in [7, 11) is 0. The molecule has 1 amide bonds. The van der Waals surface area contributed by atoms with Crippen LogP contribution in [-0.2, 0) is 4.79 Å². The molecule has 0 fully saturated rings. The summed E-state index contributed by atoms with van der Waals surface area (Å²) in [6.45, 7) is 6.04. The van der Waals surface area contributed by atoms with Gasteiger partial charge in [0.15, 0.2) is 0 Å². The fraction of sp³-hybridized carbons (Fsp3) is 0.500. The van der Waals surface area contributed by atoms with Crippen LogP contribution in [0.3, 0.4) is 0 Å². The Bertz CT molecular complexity index is 389. The summed E-state index contributed by atoms with van der Waals surface area (Å²) < 4.78 is 0. The number of carbonyl (C=O) groups is 1. The molecule has 0 aliphatic carbocycles. The molecule has 100 valence electrons. The first-order valence-corrected chi connectivity index (χ1v) is 6.59. The van der Waals surface area contributed by atoms with E-state index in [9.17, 15) is 4.79 Å². The first-order chi connectivity index (χ1) is 8.40. The zero-order chi connectivity index (χ0) is 13.7. The van der Waals surface area contributed by atoms with Crippen molar-refractivity contribution in [3.63, 3.8) is 0 Å². The predicted octanol–water partition coefficient (Wildman–Crippen LogP) is 2.89. The van der Waals surface area contributed by atoms with Crippen LogP contribution in [0.1, 0.15) is 38.8 Å². The monoisotopic (exact) mass is 268 g/mol. The zero-order valence-electron chi connectivity index (χ0n) is 11.1. The van der Waals surface area contributed by atoms with Gasteiger partial charge >= 0.3 is 0 Å². The van der Waals surface area contributed by atoms with Crippen molar-refractivity contribution in [2.24, 2.45) is 11.7 Å². The fourth-order valence-corrected chi connectivity index (χ4v) is 1.90. The first kappa shape index (κ1) is 15.0. The highest BCUT2D eigenvalue weighted by molar-refractivity contribution is 6.30. The molecule has 0 aliphatic heterocycles. The van der Waals surface area contributed by atoms with Crippen molar-refractivity contribution < 1.29 is 4.79 Å². The summed E-state index contributed by atoms with van der Waals surface area (Å²) in [6, 6.07) is 6.93. The number of halogens is 1. The van der Waals surface area contributed by atoms with Crippen LogP contribution < -0.4 is 11.1 Å². The van der Waals surface area contributed by atoms with Crippen LogP contribution in [0, 0.1) is 5.92 Å². The number of carbonyl (C=O) groups excluding carboxylic acids is 1. The molecule has 18 heavy (non-hydrogen) atoms. The first-order valence-electron chi connectivity index (χ1n) is 6.21. The highest BCUT2D eigenvalue weighted by Crippen LogP contribution is 2.16. The van der Waals surface area contributed by atoms with Gasteiger partial charge in [-0.3, -0.25) is 4.79 Å². The van der Waals surface area contributed by atoms with Crippen LogP contribution >= 0.6 is 11.6 Å². The molecule has 0 heterocycles. The third-order valence-corrected chi connectivity index (χ3v) is 3.04. The van der Waals surface area contributed by atoms with Crippen molar-refractivity contribution in [2.75, 3.05) is 0 Å². The van der Waals surface area contributed by atoms with Crippen LogP contribution in [0.2, 0.25) is 5.02 Å². The lowest BCUT2D eigenvalue weighted by Gasteiger charge is -2.19. The second kappa shape index (κ2) is 6.76. The molecule has 3 N–H and O–H groups in total. The highest BCUT2D eigenvalue weighted by atomic mass is 35.5. The minimum absolute atomic E-state index is 0.0621. The lowest BCUT2D eigenvalue weighted by atomic mass is 10.0. The molecule has 0 saturated heterocycles. The minimum atomic E-state index is -0.445. The largest absolute Gasteiger partial charge is 0.348 e. The average molecular weight is 269 g/mol. The van der Waals surface area contributed by atoms with E-state index in [1.807, 2.05) is 31.2 Å². The highest BCUT2D eigenvalue weighted by Gasteiger charge is 2.17. The van der Waals surface area contributed by atoms with E-state index >= 15 is 0 Å². The smallest absolute Gasteiger partial charge is 0.237 e. The van der Waals surface area contributed by atoms with E-state index in [-0.39, 0.29) is 11.9 Å². The summed E-state index contributed by atoms with van der Waals surface area (Å²) in [6.07, 6.45) is 0.694. The van der Waals surface area contributed by atoms with E-state index in [0.29, 0.717) is 17.4 Å². The Morgan fingerprint density at radius 3 is 2.33 bits per heavy atom. The molecule has 0 bridgehead atoms.